The molecule has 0 aliphatic heterocycles. The van der Waals surface area contributed by atoms with Crippen molar-refractivity contribution in [3.8, 4) is 0 Å². The molecule has 0 unspecified atom stereocenters. The lowest BCUT2D eigenvalue weighted by Crippen LogP contribution is -2.03. The van der Waals surface area contributed by atoms with Gasteiger partial charge in [-0.1, -0.05) is 12.1 Å². The van der Waals surface area contributed by atoms with Crippen LogP contribution < -0.4 is 5.32 Å². The molecule has 0 radical (unpaired) electrons. The fourth-order valence-electron chi connectivity index (χ4n) is 1.03. The number of nitrogens with one attached hydrogen (secondary N) is 1. The molecule has 1 aromatic rings. The van der Waals surface area contributed by atoms with Crippen molar-refractivity contribution >= 4 is 24.2 Å². The van der Waals surface area contributed by atoms with Crippen LogP contribution in [-0.2, 0) is 20.8 Å². The van der Waals surface area contributed by atoms with E-state index in [9.17, 15) is 14.4 Å². The molecule has 1 rings (SSSR count). The summed E-state index contributed by atoms with van der Waals surface area (Å²) in [5, 5.41) is 2.47. The van der Waals surface area contributed by atoms with Crippen molar-refractivity contribution in [3.63, 3.8) is 0 Å². The lowest BCUT2D eigenvalue weighted by atomic mass is 10.1. The second kappa shape index (κ2) is 4.91. The molecule has 0 saturated heterocycles. The van der Waals surface area contributed by atoms with E-state index in [4.69, 9.17) is 0 Å². The highest BCUT2D eigenvalue weighted by molar-refractivity contribution is 6.25. The van der Waals surface area contributed by atoms with Crippen LogP contribution in [0.5, 0.6) is 0 Å². The normalized spacial score (nSPS) is 9.14. The zero-order valence-electron chi connectivity index (χ0n) is 7.40. The summed E-state index contributed by atoms with van der Waals surface area (Å²) in [6.45, 7) is 0. The Balaban J connectivity index is 2.68. The van der Waals surface area contributed by atoms with Gasteiger partial charge in [0.25, 0.3) is 0 Å². The molecular weight excluding hydrogens is 182 g/mol. The van der Waals surface area contributed by atoms with Crippen molar-refractivity contribution in [2.75, 3.05) is 5.32 Å². The molecule has 0 saturated carbocycles. The maximum absolute atomic E-state index is 10.8. The summed E-state index contributed by atoms with van der Waals surface area (Å²) >= 11 is 0. The van der Waals surface area contributed by atoms with Crippen LogP contribution >= 0.6 is 0 Å². The Hall–Kier alpha value is -1.97. The van der Waals surface area contributed by atoms with Crippen molar-refractivity contribution in [2.45, 2.75) is 6.42 Å². The van der Waals surface area contributed by atoms with E-state index in [2.05, 4.69) is 5.32 Å². The van der Waals surface area contributed by atoms with Gasteiger partial charge in [0.1, 0.15) is 0 Å². The highest BCUT2D eigenvalue weighted by Crippen LogP contribution is 2.08. The predicted octanol–water partition coefficient (Wildman–Crippen LogP) is 0.565. The molecule has 1 amide bonds. The van der Waals surface area contributed by atoms with Crippen LogP contribution in [0.15, 0.2) is 24.3 Å². The Morgan fingerprint density at radius 3 is 2.36 bits per heavy atom. The summed E-state index contributed by atoms with van der Waals surface area (Å²) in [7, 11) is 0. The summed E-state index contributed by atoms with van der Waals surface area (Å²) in [4.78, 5) is 30.9. The van der Waals surface area contributed by atoms with E-state index in [1.54, 1.807) is 24.3 Å². The Bertz CT molecular complexity index is 343. The number of aldehydes is 1. The van der Waals surface area contributed by atoms with Gasteiger partial charge in [0, 0.05) is 12.1 Å². The number of rotatable bonds is 5. The minimum absolute atomic E-state index is 0.102. The second-order valence-electron chi connectivity index (χ2n) is 2.72. The number of hydrogen-bond acceptors (Lipinski definition) is 3. The van der Waals surface area contributed by atoms with Gasteiger partial charge in [-0.25, -0.2) is 0 Å². The van der Waals surface area contributed by atoms with E-state index < -0.39 is 5.78 Å². The molecule has 0 aliphatic rings. The maximum atomic E-state index is 10.8. The molecule has 4 nitrogen and oxygen atoms in total. The summed E-state index contributed by atoms with van der Waals surface area (Å²) in [5.41, 5.74) is 1.40. The number of carbonyl (C=O) groups is 3. The van der Waals surface area contributed by atoms with Gasteiger partial charge in [-0.15, -0.1) is 0 Å². The van der Waals surface area contributed by atoms with Crippen molar-refractivity contribution < 1.29 is 14.4 Å². The fourth-order valence-corrected chi connectivity index (χ4v) is 1.03. The lowest BCUT2D eigenvalue weighted by molar-refractivity contribution is -0.129. The van der Waals surface area contributed by atoms with Crippen molar-refractivity contribution in [2.24, 2.45) is 0 Å². The predicted molar refractivity (Wildman–Crippen MR) is 50.9 cm³/mol. The summed E-state index contributed by atoms with van der Waals surface area (Å²) in [6.07, 6.45) is 0.980. The molecule has 0 spiro atoms. The van der Waals surface area contributed by atoms with Gasteiger partial charge in [0.15, 0.2) is 12.1 Å². The number of anilines is 1. The van der Waals surface area contributed by atoms with Crippen LogP contribution in [0.4, 0.5) is 5.69 Å². The lowest BCUT2D eigenvalue weighted by Gasteiger charge is -2.00. The van der Waals surface area contributed by atoms with Crippen molar-refractivity contribution in [1.82, 2.24) is 0 Å². The number of carbonyl (C=O) groups excluding carboxylic acids is 3. The average molecular weight is 191 g/mol. The van der Waals surface area contributed by atoms with Gasteiger partial charge in [-0.05, 0) is 17.7 Å². The van der Waals surface area contributed by atoms with Gasteiger partial charge in [-0.3, -0.25) is 14.4 Å². The van der Waals surface area contributed by atoms with Gasteiger partial charge < -0.3 is 5.32 Å². The monoisotopic (exact) mass is 191 g/mol. The quantitative estimate of drug-likeness (QED) is 0.546. The van der Waals surface area contributed by atoms with Crippen LogP contribution in [-0.4, -0.2) is 18.5 Å². The van der Waals surface area contributed by atoms with E-state index in [0.717, 1.165) is 5.56 Å². The Kier molecular flexibility index (Phi) is 3.55. The SMILES string of the molecule is O=CNc1ccc(CC(=O)C=O)cc1. The zero-order valence-corrected chi connectivity index (χ0v) is 7.40. The van der Waals surface area contributed by atoms with Gasteiger partial charge >= 0.3 is 0 Å². The van der Waals surface area contributed by atoms with E-state index in [0.29, 0.717) is 18.4 Å². The molecule has 0 atom stereocenters. The van der Waals surface area contributed by atoms with Crippen molar-refractivity contribution in [1.29, 1.82) is 0 Å². The first kappa shape index (κ1) is 10.1. The number of amides is 1. The minimum atomic E-state index is -0.457. The maximum Gasteiger partial charge on any atom is 0.211 e. The van der Waals surface area contributed by atoms with Crippen LogP contribution in [0.1, 0.15) is 5.56 Å². The molecule has 14 heavy (non-hydrogen) atoms. The zero-order chi connectivity index (χ0) is 10.4. The highest BCUT2D eigenvalue weighted by atomic mass is 16.2. The molecule has 1 N–H and O–H groups in total. The third kappa shape index (κ3) is 2.82. The standard InChI is InChI=1S/C10H9NO3/c12-6-10(14)5-8-1-3-9(4-2-8)11-7-13/h1-4,6-7H,5H2,(H,11,13). The third-order valence-corrected chi connectivity index (χ3v) is 1.69. The van der Waals surface area contributed by atoms with E-state index in [1.165, 1.54) is 0 Å². The van der Waals surface area contributed by atoms with Crippen LogP contribution in [0.25, 0.3) is 0 Å². The van der Waals surface area contributed by atoms with Crippen LogP contribution in [0.3, 0.4) is 0 Å². The first-order chi connectivity index (χ1) is 6.76. The highest BCUT2D eigenvalue weighted by Gasteiger charge is 2.00. The summed E-state index contributed by atoms with van der Waals surface area (Å²) in [5.74, 6) is -0.457. The van der Waals surface area contributed by atoms with E-state index in [-0.39, 0.29) is 6.42 Å². The second-order valence-corrected chi connectivity index (χ2v) is 2.72. The number of hydrogen-bond donors (Lipinski definition) is 1. The third-order valence-electron chi connectivity index (χ3n) is 1.69. The van der Waals surface area contributed by atoms with Gasteiger partial charge in [0.2, 0.25) is 6.41 Å². The summed E-state index contributed by atoms with van der Waals surface area (Å²) in [6, 6.07) is 6.71. The van der Waals surface area contributed by atoms with E-state index in [1.807, 2.05) is 0 Å². The Morgan fingerprint density at radius 2 is 1.86 bits per heavy atom. The molecule has 4 heteroatoms. The molecule has 0 aromatic heterocycles. The number of benzene rings is 1. The van der Waals surface area contributed by atoms with Gasteiger partial charge in [0.05, 0.1) is 0 Å². The molecule has 72 valence electrons. The molecule has 0 bridgehead atoms. The Morgan fingerprint density at radius 1 is 1.21 bits per heavy atom. The number of ketones is 1. The van der Waals surface area contributed by atoms with Gasteiger partial charge in [-0.2, -0.15) is 0 Å². The smallest absolute Gasteiger partial charge is 0.211 e. The van der Waals surface area contributed by atoms with Crippen LogP contribution in [0.2, 0.25) is 0 Å². The number of Topliss-reactive ketones (excluding diaryl/α,β-unsaturated/α-hetero) is 1. The summed E-state index contributed by atoms with van der Waals surface area (Å²) < 4.78 is 0. The minimum Gasteiger partial charge on any atom is -0.329 e. The molecular formula is C10H9NO3. The first-order valence-electron chi connectivity index (χ1n) is 4.03. The Labute approximate surface area is 80.9 Å². The van der Waals surface area contributed by atoms with E-state index >= 15 is 0 Å². The molecule has 0 heterocycles. The van der Waals surface area contributed by atoms with Crippen LogP contribution in [0, 0.1) is 0 Å². The first-order valence-corrected chi connectivity index (χ1v) is 4.03. The molecule has 0 fully saturated rings. The van der Waals surface area contributed by atoms with Crippen molar-refractivity contribution in [3.05, 3.63) is 29.8 Å². The molecule has 1 aromatic carbocycles. The molecule has 0 aliphatic carbocycles. The topological polar surface area (TPSA) is 63.2 Å². The average Bonchev–Trinajstić information content (AvgIpc) is 2.21. The largest absolute Gasteiger partial charge is 0.329 e. The fraction of sp³-hybridized carbons (Fsp3) is 0.100.